The molecule has 0 heterocycles. The molecule has 0 unspecified atom stereocenters. The highest BCUT2D eigenvalue weighted by atomic mass is 16.5. The lowest BCUT2D eigenvalue weighted by atomic mass is 10.1. The summed E-state index contributed by atoms with van der Waals surface area (Å²) in [5.41, 5.74) is 0.297. The van der Waals surface area contributed by atoms with E-state index in [2.05, 4.69) is 11.9 Å². The number of carbonyl (C=O) groups excluding carboxylic acids is 2. The van der Waals surface area contributed by atoms with E-state index in [1.807, 2.05) is 0 Å². The van der Waals surface area contributed by atoms with Gasteiger partial charge in [-0.05, 0) is 43.5 Å². The predicted molar refractivity (Wildman–Crippen MR) is 80.7 cm³/mol. The first kappa shape index (κ1) is 17.4. The number of esters is 1. The van der Waals surface area contributed by atoms with E-state index in [9.17, 15) is 14.4 Å². The lowest BCUT2D eigenvalue weighted by Gasteiger charge is -2.14. The quantitative estimate of drug-likeness (QED) is 0.332. The Kier molecular flexibility index (Phi) is 6.82. The molecule has 1 rings (SSSR count). The highest BCUT2D eigenvalue weighted by molar-refractivity contribution is 5.96. The highest BCUT2D eigenvalue weighted by Gasteiger charge is 2.20. The number of hydrogen-bond donors (Lipinski definition) is 2. The topological polar surface area (TPSA) is 92.7 Å². The molecule has 0 radical (unpaired) electrons. The van der Waals surface area contributed by atoms with Crippen LogP contribution in [0.1, 0.15) is 36.5 Å². The lowest BCUT2D eigenvalue weighted by molar-refractivity contribution is -0.139. The molecule has 2 N–H and O–H groups in total. The van der Waals surface area contributed by atoms with E-state index < -0.39 is 23.9 Å². The number of nitrogens with one attached hydrogen (secondary N) is 1. The predicted octanol–water partition coefficient (Wildman–Crippen LogP) is 2.15. The van der Waals surface area contributed by atoms with E-state index in [0.29, 0.717) is 30.6 Å². The van der Waals surface area contributed by atoms with Crippen molar-refractivity contribution in [3.05, 3.63) is 42.5 Å². The van der Waals surface area contributed by atoms with E-state index >= 15 is 0 Å². The van der Waals surface area contributed by atoms with Gasteiger partial charge in [-0.2, -0.15) is 0 Å². The van der Waals surface area contributed by atoms with Gasteiger partial charge < -0.3 is 15.2 Å². The number of benzene rings is 1. The number of carboxylic acid groups (broad SMARTS) is 1. The van der Waals surface area contributed by atoms with Crippen molar-refractivity contribution in [1.29, 1.82) is 0 Å². The third-order valence-electron chi connectivity index (χ3n) is 2.88. The summed E-state index contributed by atoms with van der Waals surface area (Å²) in [7, 11) is 0. The molecule has 1 amide bonds. The smallest absolute Gasteiger partial charge is 0.326 e. The monoisotopic (exact) mass is 305 g/mol. The van der Waals surface area contributed by atoms with Crippen LogP contribution in [0.4, 0.5) is 0 Å². The van der Waals surface area contributed by atoms with Gasteiger partial charge in [0.25, 0.3) is 5.91 Å². The van der Waals surface area contributed by atoms with Gasteiger partial charge in [-0.25, -0.2) is 4.79 Å². The number of carboxylic acids is 1. The molecule has 1 atom stereocenters. The fourth-order valence-corrected chi connectivity index (χ4v) is 1.81. The van der Waals surface area contributed by atoms with Gasteiger partial charge in [-0.1, -0.05) is 6.08 Å². The third kappa shape index (κ3) is 5.78. The van der Waals surface area contributed by atoms with Crippen LogP contribution in [0.15, 0.2) is 36.9 Å². The van der Waals surface area contributed by atoms with E-state index in [0.717, 1.165) is 0 Å². The molecule has 118 valence electrons. The molecule has 6 heteroatoms. The maximum Gasteiger partial charge on any atom is 0.326 e. The number of hydrogen-bond acceptors (Lipinski definition) is 4. The van der Waals surface area contributed by atoms with Crippen LogP contribution in [0.5, 0.6) is 5.75 Å². The first-order valence-electron chi connectivity index (χ1n) is 6.87. The molecule has 0 saturated heterocycles. The van der Waals surface area contributed by atoms with Crippen molar-refractivity contribution in [1.82, 2.24) is 5.32 Å². The van der Waals surface area contributed by atoms with Crippen molar-refractivity contribution in [2.24, 2.45) is 0 Å². The summed E-state index contributed by atoms with van der Waals surface area (Å²) in [5, 5.41) is 11.6. The van der Waals surface area contributed by atoms with Crippen LogP contribution in [0.25, 0.3) is 0 Å². The van der Waals surface area contributed by atoms with Gasteiger partial charge in [-0.15, -0.1) is 6.58 Å². The fraction of sp³-hybridized carbons (Fsp3) is 0.312. The highest BCUT2D eigenvalue weighted by Crippen LogP contribution is 2.13. The number of amides is 1. The molecule has 0 bridgehead atoms. The Morgan fingerprint density at radius 2 is 1.95 bits per heavy atom. The second-order valence-corrected chi connectivity index (χ2v) is 4.70. The van der Waals surface area contributed by atoms with Crippen LogP contribution < -0.4 is 10.1 Å². The van der Waals surface area contributed by atoms with Crippen LogP contribution in [-0.4, -0.2) is 29.0 Å². The summed E-state index contributed by atoms with van der Waals surface area (Å²) < 4.78 is 4.86. The molecule has 0 spiro atoms. The van der Waals surface area contributed by atoms with Crippen molar-refractivity contribution in [2.45, 2.75) is 32.2 Å². The van der Waals surface area contributed by atoms with Crippen molar-refractivity contribution in [3.63, 3.8) is 0 Å². The van der Waals surface area contributed by atoms with Crippen molar-refractivity contribution in [3.8, 4) is 5.75 Å². The Morgan fingerprint density at radius 3 is 2.45 bits per heavy atom. The maximum absolute atomic E-state index is 12.0. The van der Waals surface area contributed by atoms with Crippen LogP contribution >= 0.6 is 0 Å². The number of ether oxygens (including phenoxy) is 1. The average molecular weight is 305 g/mol. The average Bonchev–Trinajstić information content (AvgIpc) is 2.46. The van der Waals surface area contributed by atoms with E-state index in [1.165, 1.54) is 31.2 Å². The molecule has 22 heavy (non-hydrogen) atoms. The largest absolute Gasteiger partial charge is 0.480 e. The second-order valence-electron chi connectivity index (χ2n) is 4.70. The van der Waals surface area contributed by atoms with Crippen LogP contribution in [0.3, 0.4) is 0 Å². The Balaban J connectivity index is 2.66. The number of rotatable bonds is 8. The third-order valence-corrected chi connectivity index (χ3v) is 2.88. The van der Waals surface area contributed by atoms with Gasteiger partial charge in [0.05, 0.1) is 0 Å². The number of allylic oxidation sites excluding steroid dienone is 1. The minimum Gasteiger partial charge on any atom is -0.480 e. The summed E-state index contributed by atoms with van der Waals surface area (Å²) in [6, 6.07) is 4.95. The first-order chi connectivity index (χ1) is 10.4. The summed E-state index contributed by atoms with van der Waals surface area (Å²) in [5.74, 6) is -1.69. The molecular weight excluding hydrogens is 286 g/mol. The minimum absolute atomic E-state index is 0.297. The molecule has 0 aliphatic carbocycles. The van der Waals surface area contributed by atoms with Crippen molar-refractivity contribution >= 4 is 17.8 Å². The SMILES string of the molecule is C=CCCC[C@H](NC(=O)c1ccc(OC(C)=O)cc1)C(=O)O. The van der Waals surface area contributed by atoms with Gasteiger partial charge in [0.15, 0.2) is 0 Å². The Bertz CT molecular complexity index is 550. The second kappa shape index (κ2) is 8.61. The van der Waals surface area contributed by atoms with Crippen molar-refractivity contribution < 1.29 is 24.2 Å². The zero-order valence-corrected chi connectivity index (χ0v) is 12.4. The summed E-state index contributed by atoms with van der Waals surface area (Å²) in [4.78, 5) is 34.0. The Labute approximate surface area is 128 Å². The Morgan fingerprint density at radius 1 is 1.32 bits per heavy atom. The molecule has 0 aliphatic rings. The molecule has 6 nitrogen and oxygen atoms in total. The number of unbranched alkanes of at least 4 members (excludes halogenated alkanes) is 1. The van der Waals surface area contributed by atoms with E-state index in [-0.39, 0.29) is 0 Å². The summed E-state index contributed by atoms with van der Waals surface area (Å²) >= 11 is 0. The molecule has 1 aromatic rings. The first-order valence-corrected chi connectivity index (χ1v) is 6.87. The minimum atomic E-state index is -1.08. The molecule has 0 saturated carbocycles. The van der Waals surface area contributed by atoms with E-state index in [4.69, 9.17) is 9.84 Å². The number of carbonyl (C=O) groups is 3. The lowest BCUT2D eigenvalue weighted by Crippen LogP contribution is -2.40. The van der Waals surface area contributed by atoms with Gasteiger partial charge in [-0.3, -0.25) is 9.59 Å². The normalized spacial score (nSPS) is 11.3. The van der Waals surface area contributed by atoms with Crippen LogP contribution in [0.2, 0.25) is 0 Å². The van der Waals surface area contributed by atoms with Gasteiger partial charge in [0, 0.05) is 12.5 Å². The maximum atomic E-state index is 12.0. The molecule has 1 aromatic carbocycles. The molecule has 0 fully saturated rings. The summed E-state index contributed by atoms with van der Waals surface area (Å²) in [6.45, 7) is 4.85. The Hall–Kier alpha value is -2.63. The zero-order chi connectivity index (χ0) is 16.5. The standard InChI is InChI=1S/C16H19NO5/c1-3-4-5-6-14(16(20)21)17-15(19)12-7-9-13(10-8-12)22-11(2)18/h3,7-10,14H,1,4-6H2,2H3,(H,17,19)(H,20,21)/t14-/m0/s1. The van der Waals surface area contributed by atoms with Gasteiger partial charge >= 0.3 is 11.9 Å². The van der Waals surface area contributed by atoms with E-state index in [1.54, 1.807) is 6.08 Å². The zero-order valence-electron chi connectivity index (χ0n) is 12.4. The molecule has 0 aliphatic heterocycles. The summed E-state index contributed by atoms with van der Waals surface area (Å²) in [6.07, 6.45) is 3.36. The fourth-order valence-electron chi connectivity index (χ4n) is 1.81. The van der Waals surface area contributed by atoms with Gasteiger partial charge in [0.1, 0.15) is 11.8 Å². The molecule has 0 aromatic heterocycles. The number of aliphatic carboxylic acids is 1. The van der Waals surface area contributed by atoms with Crippen molar-refractivity contribution in [2.75, 3.05) is 0 Å². The van der Waals surface area contributed by atoms with Gasteiger partial charge in [0.2, 0.25) is 0 Å². The molecular formula is C16H19NO5. The van der Waals surface area contributed by atoms with Crippen LogP contribution in [0, 0.1) is 0 Å². The van der Waals surface area contributed by atoms with Crippen LogP contribution in [-0.2, 0) is 9.59 Å².